The molecule has 1 fully saturated rings. The van der Waals surface area contributed by atoms with Crippen molar-refractivity contribution in [1.29, 1.82) is 0 Å². The minimum absolute atomic E-state index is 0. The molecule has 156 valence electrons. The van der Waals surface area contributed by atoms with Gasteiger partial charge in [0.05, 0.1) is 17.8 Å². The van der Waals surface area contributed by atoms with Crippen LogP contribution in [0.4, 0.5) is 5.69 Å². The third-order valence-electron chi connectivity index (χ3n) is 5.58. The second kappa shape index (κ2) is 10.9. The summed E-state index contributed by atoms with van der Waals surface area (Å²) in [5.74, 6) is 0.886. The highest BCUT2D eigenvalue weighted by atomic mass is 35.5. The Labute approximate surface area is 179 Å². The summed E-state index contributed by atoms with van der Waals surface area (Å²) in [7, 11) is 0. The second-order valence-corrected chi connectivity index (χ2v) is 7.50. The highest BCUT2D eigenvalue weighted by molar-refractivity contribution is 5.94. The summed E-state index contributed by atoms with van der Waals surface area (Å²) in [5.41, 5.74) is 2.78. The predicted molar refractivity (Wildman–Crippen MR) is 121 cm³/mol. The summed E-state index contributed by atoms with van der Waals surface area (Å²) in [6, 6.07) is 5.97. The van der Waals surface area contributed by atoms with Gasteiger partial charge in [-0.25, -0.2) is 0 Å². The summed E-state index contributed by atoms with van der Waals surface area (Å²) in [5, 5.41) is 4.47. The highest BCUT2D eigenvalue weighted by Crippen LogP contribution is 2.30. The summed E-state index contributed by atoms with van der Waals surface area (Å²) in [6.45, 7) is 5.40. The molecule has 1 aromatic carbocycles. The number of piperidine rings is 1. The molecule has 0 bridgehead atoms. The number of fused-ring (bicyclic) bond motifs is 3. The average Bonchev–Trinajstić information content (AvgIpc) is 2.69. The Balaban J connectivity index is 0.00000140. The Morgan fingerprint density at radius 2 is 1.86 bits per heavy atom. The number of aromatic amines is 1. The van der Waals surface area contributed by atoms with Crippen molar-refractivity contribution in [2.75, 3.05) is 38.1 Å². The molecular weight excluding hydrogens is 397 g/mol. The summed E-state index contributed by atoms with van der Waals surface area (Å²) in [6.07, 6.45) is 8.23. The van der Waals surface area contributed by atoms with Crippen molar-refractivity contribution in [2.45, 2.75) is 44.9 Å². The van der Waals surface area contributed by atoms with E-state index >= 15 is 0 Å². The van der Waals surface area contributed by atoms with Crippen molar-refractivity contribution in [3.05, 3.63) is 34.1 Å². The highest BCUT2D eigenvalue weighted by Gasteiger charge is 2.16. The fourth-order valence-electron chi connectivity index (χ4n) is 4.13. The quantitative estimate of drug-likeness (QED) is 0.671. The van der Waals surface area contributed by atoms with Gasteiger partial charge in [-0.15, -0.1) is 24.8 Å². The lowest BCUT2D eigenvalue weighted by Crippen LogP contribution is -2.30. The Morgan fingerprint density at radius 1 is 1.04 bits per heavy atom. The summed E-state index contributed by atoms with van der Waals surface area (Å²) in [4.78, 5) is 17.8. The first-order valence-corrected chi connectivity index (χ1v) is 10.1. The van der Waals surface area contributed by atoms with Gasteiger partial charge >= 0.3 is 0 Å². The Kier molecular flexibility index (Phi) is 8.93. The number of nitrogens with zero attached hydrogens (tertiary/aromatic N) is 1. The number of benzene rings is 1. The van der Waals surface area contributed by atoms with Crippen molar-refractivity contribution < 1.29 is 4.74 Å². The third kappa shape index (κ3) is 5.34. The van der Waals surface area contributed by atoms with E-state index in [1.54, 1.807) is 0 Å². The van der Waals surface area contributed by atoms with Gasteiger partial charge in [-0.1, -0.05) is 6.42 Å². The first-order valence-electron chi connectivity index (χ1n) is 10.1. The first kappa shape index (κ1) is 22.9. The third-order valence-corrected chi connectivity index (χ3v) is 5.58. The van der Waals surface area contributed by atoms with Gasteiger partial charge in [0.15, 0.2) is 0 Å². The van der Waals surface area contributed by atoms with Gasteiger partial charge in [0.1, 0.15) is 5.75 Å². The molecule has 0 saturated carbocycles. The zero-order chi connectivity index (χ0) is 17.8. The molecule has 2 aliphatic rings. The Morgan fingerprint density at radius 3 is 2.68 bits per heavy atom. The molecule has 3 heterocycles. The van der Waals surface area contributed by atoms with E-state index < -0.39 is 0 Å². The van der Waals surface area contributed by atoms with Gasteiger partial charge in [-0.05, 0) is 76.4 Å². The van der Waals surface area contributed by atoms with Crippen LogP contribution in [0.25, 0.3) is 10.9 Å². The lowest BCUT2D eigenvalue weighted by Gasteiger charge is -2.26. The number of anilines is 1. The zero-order valence-electron chi connectivity index (χ0n) is 16.3. The number of pyridine rings is 1. The van der Waals surface area contributed by atoms with E-state index in [1.807, 2.05) is 12.1 Å². The molecule has 1 aromatic heterocycles. The van der Waals surface area contributed by atoms with E-state index in [9.17, 15) is 4.79 Å². The van der Waals surface area contributed by atoms with Crippen LogP contribution >= 0.6 is 24.8 Å². The van der Waals surface area contributed by atoms with Crippen LogP contribution in [0.5, 0.6) is 5.75 Å². The van der Waals surface area contributed by atoms with Crippen LogP contribution in [0.3, 0.4) is 0 Å². The molecule has 4 rings (SSSR count). The molecule has 0 amide bonds. The van der Waals surface area contributed by atoms with Crippen LogP contribution in [0.2, 0.25) is 0 Å². The molecular formula is C21H31Cl2N3O2. The van der Waals surface area contributed by atoms with Crippen molar-refractivity contribution in [3.63, 3.8) is 0 Å². The lowest BCUT2D eigenvalue weighted by molar-refractivity contribution is 0.216. The molecule has 0 unspecified atom stereocenters. The van der Waals surface area contributed by atoms with Crippen molar-refractivity contribution in [2.24, 2.45) is 0 Å². The smallest absolute Gasteiger partial charge is 0.253 e. The number of H-pyrrole nitrogens is 1. The van der Waals surface area contributed by atoms with Crippen molar-refractivity contribution >= 4 is 41.4 Å². The van der Waals surface area contributed by atoms with Crippen LogP contribution in [0.15, 0.2) is 23.0 Å². The van der Waals surface area contributed by atoms with E-state index in [1.165, 1.54) is 45.3 Å². The number of rotatable bonds is 6. The number of aromatic nitrogens is 1. The fourth-order valence-corrected chi connectivity index (χ4v) is 4.13. The number of unbranched alkanes of at least 4 members (excludes halogenated alkanes) is 1. The number of hydrogen-bond donors (Lipinski definition) is 2. The Hall–Kier alpha value is -1.43. The largest absolute Gasteiger partial charge is 0.494 e. The van der Waals surface area contributed by atoms with Gasteiger partial charge in [-0.3, -0.25) is 4.79 Å². The Bertz CT molecular complexity index is 819. The van der Waals surface area contributed by atoms with E-state index in [0.29, 0.717) is 0 Å². The van der Waals surface area contributed by atoms with Crippen LogP contribution < -0.4 is 15.6 Å². The molecule has 7 heteroatoms. The summed E-state index contributed by atoms with van der Waals surface area (Å²) < 4.78 is 5.99. The van der Waals surface area contributed by atoms with Gasteiger partial charge in [0, 0.05) is 17.5 Å². The van der Waals surface area contributed by atoms with E-state index in [4.69, 9.17) is 4.74 Å². The molecule has 5 nitrogen and oxygen atoms in total. The van der Waals surface area contributed by atoms with Crippen molar-refractivity contribution in [1.82, 2.24) is 9.88 Å². The van der Waals surface area contributed by atoms with Crippen LogP contribution in [-0.2, 0) is 6.42 Å². The topological polar surface area (TPSA) is 57.4 Å². The summed E-state index contributed by atoms with van der Waals surface area (Å²) >= 11 is 0. The minimum Gasteiger partial charge on any atom is -0.494 e. The molecule has 0 aliphatic carbocycles. The molecule has 0 atom stereocenters. The SMILES string of the molecule is Cl.Cl.O=c1[nH]c2ccc(OCCCCN3CCCCC3)cc2c2c1CCCN2. The van der Waals surface area contributed by atoms with Crippen molar-refractivity contribution in [3.8, 4) is 5.75 Å². The van der Waals surface area contributed by atoms with Crippen LogP contribution in [0, 0.1) is 0 Å². The molecule has 2 N–H and O–H groups in total. The normalized spacial score (nSPS) is 16.4. The average molecular weight is 428 g/mol. The number of hydrogen-bond acceptors (Lipinski definition) is 4. The molecule has 2 aromatic rings. The predicted octanol–water partition coefficient (Wildman–Crippen LogP) is 4.37. The van der Waals surface area contributed by atoms with E-state index in [0.717, 1.165) is 60.3 Å². The molecule has 0 radical (unpaired) electrons. The van der Waals surface area contributed by atoms with Gasteiger partial charge in [0.25, 0.3) is 5.56 Å². The van der Waals surface area contributed by atoms with Crippen LogP contribution in [-0.4, -0.2) is 42.7 Å². The lowest BCUT2D eigenvalue weighted by atomic mass is 10.0. The molecule has 2 aliphatic heterocycles. The number of halogens is 2. The number of ether oxygens (including phenoxy) is 1. The molecule has 0 spiro atoms. The zero-order valence-corrected chi connectivity index (χ0v) is 17.9. The second-order valence-electron chi connectivity index (χ2n) is 7.50. The first-order chi connectivity index (χ1) is 12.8. The molecule has 1 saturated heterocycles. The standard InChI is InChI=1S/C21H29N3O2.2ClH/c25-21-17-7-6-10-22-20(17)18-15-16(8-9-19(18)23-21)26-14-5-4-13-24-11-2-1-3-12-24;;/h8-9,15,22H,1-7,10-14H2,(H,23,25);2*1H. The van der Waals surface area contributed by atoms with Gasteiger partial charge in [0.2, 0.25) is 0 Å². The fraction of sp³-hybridized carbons (Fsp3) is 0.571. The van der Waals surface area contributed by atoms with E-state index in [-0.39, 0.29) is 30.4 Å². The maximum Gasteiger partial charge on any atom is 0.253 e. The minimum atomic E-state index is 0. The maximum absolute atomic E-state index is 12.2. The monoisotopic (exact) mass is 427 g/mol. The number of likely N-dealkylation sites (tertiary alicyclic amines) is 1. The van der Waals surface area contributed by atoms with Crippen LogP contribution in [0.1, 0.15) is 44.1 Å². The maximum atomic E-state index is 12.2. The van der Waals surface area contributed by atoms with Gasteiger partial charge in [-0.2, -0.15) is 0 Å². The number of nitrogens with one attached hydrogen (secondary N) is 2. The van der Waals surface area contributed by atoms with Gasteiger partial charge < -0.3 is 19.9 Å². The molecule has 28 heavy (non-hydrogen) atoms. The van der Waals surface area contributed by atoms with E-state index in [2.05, 4.69) is 21.3 Å².